The SMILES string of the molecule is COC(=O)Cc1ccccc1CNCCCC(C)C. The Morgan fingerprint density at radius 2 is 1.95 bits per heavy atom. The van der Waals surface area contributed by atoms with Crippen molar-refractivity contribution >= 4 is 5.97 Å². The topological polar surface area (TPSA) is 38.3 Å². The van der Waals surface area contributed by atoms with Crippen molar-refractivity contribution in [3.63, 3.8) is 0 Å². The number of methoxy groups -OCH3 is 1. The third kappa shape index (κ3) is 6.39. The lowest BCUT2D eigenvalue weighted by atomic mass is 10.0. The van der Waals surface area contributed by atoms with Crippen molar-refractivity contribution in [3.8, 4) is 0 Å². The number of ether oxygens (including phenoxy) is 1. The molecule has 0 heterocycles. The minimum atomic E-state index is -0.188. The van der Waals surface area contributed by atoms with Crippen LogP contribution in [0.25, 0.3) is 0 Å². The summed E-state index contributed by atoms with van der Waals surface area (Å²) in [4.78, 5) is 11.3. The molecule has 0 radical (unpaired) electrons. The molecule has 1 N–H and O–H groups in total. The lowest BCUT2D eigenvalue weighted by Crippen LogP contribution is -2.17. The second-order valence-corrected chi connectivity index (χ2v) is 5.23. The molecule has 0 saturated heterocycles. The van der Waals surface area contributed by atoms with E-state index in [0.29, 0.717) is 6.42 Å². The first-order valence-electron chi connectivity index (χ1n) is 6.97. The van der Waals surface area contributed by atoms with Crippen LogP contribution >= 0.6 is 0 Å². The van der Waals surface area contributed by atoms with Gasteiger partial charge in [-0.2, -0.15) is 0 Å². The van der Waals surface area contributed by atoms with Crippen LogP contribution < -0.4 is 5.32 Å². The fourth-order valence-electron chi connectivity index (χ4n) is 1.99. The standard InChI is InChI=1S/C16H25NO2/c1-13(2)7-6-10-17-12-15-9-5-4-8-14(15)11-16(18)19-3/h4-5,8-9,13,17H,6-7,10-12H2,1-3H3. The molecule has 0 spiro atoms. The first kappa shape index (κ1) is 15.7. The molecule has 0 atom stereocenters. The Bertz CT molecular complexity index is 388. The first-order valence-corrected chi connectivity index (χ1v) is 6.97. The second-order valence-electron chi connectivity index (χ2n) is 5.23. The summed E-state index contributed by atoms with van der Waals surface area (Å²) < 4.78 is 4.72. The van der Waals surface area contributed by atoms with Gasteiger partial charge in [-0.1, -0.05) is 38.1 Å². The van der Waals surface area contributed by atoms with Crippen LogP contribution in [0.3, 0.4) is 0 Å². The summed E-state index contributed by atoms with van der Waals surface area (Å²) in [5, 5.41) is 3.44. The molecule has 1 rings (SSSR count). The minimum absolute atomic E-state index is 0.188. The molecule has 0 aliphatic rings. The summed E-state index contributed by atoms with van der Waals surface area (Å²) in [5.41, 5.74) is 2.23. The van der Waals surface area contributed by atoms with Crippen LogP contribution in [0.5, 0.6) is 0 Å². The average molecular weight is 263 g/mol. The molecule has 19 heavy (non-hydrogen) atoms. The van der Waals surface area contributed by atoms with Gasteiger partial charge in [0.25, 0.3) is 0 Å². The number of nitrogens with one attached hydrogen (secondary N) is 1. The van der Waals surface area contributed by atoms with E-state index in [1.54, 1.807) is 0 Å². The fraction of sp³-hybridized carbons (Fsp3) is 0.562. The monoisotopic (exact) mass is 263 g/mol. The van der Waals surface area contributed by atoms with E-state index in [4.69, 9.17) is 4.74 Å². The zero-order valence-electron chi connectivity index (χ0n) is 12.2. The lowest BCUT2D eigenvalue weighted by molar-refractivity contribution is -0.139. The van der Waals surface area contributed by atoms with E-state index in [9.17, 15) is 4.79 Å². The predicted molar refractivity (Wildman–Crippen MR) is 77.9 cm³/mol. The molecule has 106 valence electrons. The smallest absolute Gasteiger partial charge is 0.309 e. The van der Waals surface area contributed by atoms with Gasteiger partial charge in [-0.25, -0.2) is 0 Å². The molecular formula is C16H25NO2. The maximum absolute atomic E-state index is 11.3. The van der Waals surface area contributed by atoms with Crippen LogP contribution in [0.2, 0.25) is 0 Å². The predicted octanol–water partition coefficient (Wildman–Crippen LogP) is 2.93. The van der Waals surface area contributed by atoms with Gasteiger partial charge in [-0.05, 0) is 36.4 Å². The number of carbonyl (C=O) groups excluding carboxylic acids is 1. The molecule has 0 aromatic heterocycles. The van der Waals surface area contributed by atoms with E-state index in [2.05, 4.69) is 25.2 Å². The van der Waals surface area contributed by atoms with Gasteiger partial charge in [0.05, 0.1) is 13.5 Å². The summed E-state index contributed by atoms with van der Waals surface area (Å²) in [7, 11) is 1.43. The van der Waals surface area contributed by atoms with Gasteiger partial charge < -0.3 is 10.1 Å². The Kier molecular flexibility index (Phi) is 7.19. The van der Waals surface area contributed by atoms with Crippen LogP contribution in [0.15, 0.2) is 24.3 Å². The maximum Gasteiger partial charge on any atom is 0.309 e. The van der Waals surface area contributed by atoms with Crippen molar-refractivity contribution in [2.24, 2.45) is 5.92 Å². The fourth-order valence-corrected chi connectivity index (χ4v) is 1.99. The van der Waals surface area contributed by atoms with E-state index in [1.807, 2.05) is 18.2 Å². The Morgan fingerprint density at radius 3 is 2.58 bits per heavy atom. The maximum atomic E-state index is 11.3. The van der Waals surface area contributed by atoms with Crippen molar-refractivity contribution in [1.82, 2.24) is 5.32 Å². The highest BCUT2D eigenvalue weighted by atomic mass is 16.5. The third-order valence-corrected chi connectivity index (χ3v) is 3.13. The second kappa shape index (κ2) is 8.70. The molecule has 1 aromatic carbocycles. The average Bonchev–Trinajstić information content (AvgIpc) is 2.39. The molecule has 0 aliphatic carbocycles. The molecular weight excluding hydrogens is 238 g/mol. The molecule has 0 aliphatic heterocycles. The van der Waals surface area contributed by atoms with Crippen LogP contribution in [-0.2, 0) is 22.5 Å². The van der Waals surface area contributed by atoms with Gasteiger partial charge in [0.1, 0.15) is 0 Å². The molecule has 0 fully saturated rings. The molecule has 0 unspecified atom stereocenters. The summed E-state index contributed by atoms with van der Waals surface area (Å²) in [6.07, 6.45) is 2.79. The van der Waals surface area contributed by atoms with Crippen molar-refractivity contribution < 1.29 is 9.53 Å². The number of hydrogen-bond donors (Lipinski definition) is 1. The highest BCUT2D eigenvalue weighted by Gasteiger charge is 2.07. The van der Waals surface area contributed by atoms with Gasteiger partial charge in [-0.15, -0.1) is 0 Å². The summed E-state index contributed by atoms with van der Waals surface area (Å²) >= 11 is 0. The summed E-state index contributed by atoms with van der Waals surface area (Å²) in [6, 6.07) is 8.02. The molecule has 1 aromatic rings. The van der Waals surface area contributed by atoms with Gasteiger partial charge in [0, 0.05) is 6.54 Å². The Balaban J connectivity index is 2.42. The highest BCUT2D eigenvalue weighted by Crippen LogP contribution is 2.10. The summed E-state index contributed by atoms with van der Waals surface area (Å²) in [6.45, 7) is 6.31. The Morgan fingerprint density at radius 1 is 1.26 bits per heavy atom. The molecule has 0 saturated carbocycles. The molecule has 0 bridgehead atoms. The van der Waals surface area contributed by atoms with Gasteiger partial charge >= 0.3 is 5.97 Å². The van der Waals surface area contributed by atoms with E-state index in [1.165, 1.54) is 25.5 Å². The zero-order chi connectivity index (χ0) is 14.1. The summed E-state index contributed by atoms with van der Waals surface area (Å²) in [5.74, 6) is 0.570. The largest absolute Gasteiger partial charge is 0.469 e. The van der Waals surface area contributed by atoms with E-state index in [-0.39, 0.29) is 5.97 Å². The number of benzene rings is 1. The quantitative estimate of drug-likeness (QED) is 0.579. The van der Waals surface area contributed by atoms with E-state index in [0.717, 1.165) is 24.6 Å². The van der Waals surface area contributed by atoms with Crippen LogP contribution in [-0.4, -0.2) is 19.6 Å². The van der Waals surface area contributed by atoms with Crippen molar-refractivity contribution in [1.29, 1.82) is 0 Å². The Hall–Kier alpha value is -1.35. The van der Waals surface area contributed by atoms with Crippen LogP contribution in [0.1, 0.15) is 37.8 Å². The van der Waals surface area contributed by atoms with Crippen molar-refractivity contribution in [3.05, 3.63) is 35.4 Å². The van der Waals surface area contributed by atoms with Gasteiger partial charge in [0.15, 0.2) is 0 Å². The minimum Gasteiger partial charge on any atom is -0.469 e. The first-order chi connectivity index (χ1) is 9.13. The van der Waals surface area contributed by atoms with Crippen molar-refractivity contribution in [2.45, 2.75) is 39.7 Å². The normalized spacial score (nSPS) is 10.7. The number of esters is 1. The Labute approximate surface area is 116 Å². The lowest BCUT2D eigenvalue weighted by Gasteiger charge is -2.10. The van der Waals surface area contributed by atoms with Crippen LogP contribution in [0.4, 0.5) is 0 Å². The molecule has 3 nitrogen and oxygen atoms in total. The van der Waals surface area contributed by atoms with E-state index < -0.39 is 0 Å². The van der Waals surface area contributed by atoms with E-state index >= 15 is 0 Å². The molecule has 3 heteroatoms. The molecule has 0 amide bonds. The zero-order valence-corrected chi connectivity index (χ0v) is 12.2. The third-order valence-electron chi connectivity index (χ3n) is 3.13. The number of hydrogen-bond acceptors (Lipinski definition) is 3. The number of rotatable bonds is 8. The van der Waals surface area contributed by atoms with Gasteiger partial charge in [0.2, 0.25) is 0 Å². The highest BCUT2D eigenvalue weighted by molar-refractivity contribution is 5.72. The van der Waals surface area contributed by atoms with Crippen LogP contribution in [0, 0.1) is 5.92 Å². The van der Waals surface area contributed by atoms with Crippen molar-refractivity contribution in [2.75, 3.05) is 13.7 Å². The number of carbonyl (C=O) groups is 1. The van der Waals surface area contributed by atoms with Gasteiger partial charge in [-0.3, -0.25) is 4.79 Å².